The van der Waals surface area contributed by atoms with Gasteiger partial charge in [-0.1, -0.05) is 60.7 Å². The normalized spacial score (nSPS) is 11.8. The summed E-state index contributed by atoms with van der Waals surface area (Å²) >= 11 is 1.47. The first-order chi connectivity index (χ1) is 22.2. The summed E-state index contributed by atoms with van der Waals surface area (Å²) in [5.74, 6) is -1.40. The van der Waals surface area contributed by atoms with E-state index in [9.17, 15) is 18.0 Å². The maximum Gasteiger partial charge on any atom is 0.264 e. The van der Waals surface area contributed by atoms with Gasteiger partial charge in [0, 0.05) is 30.0 Å². The van der Waals surface area contributed by atoms with Gasteiger partial charge in [0.25, 0.3) is 10.0 Å². The Morgan fingerprint density at radius 1 is 0.891 bits per heavy atom. The molecular formula is C35H38FN3O5S2. The molecule has 0 spiro atoms. The van der Waals surface area contributed by atoms with Gasteiger partial charge < -0.3 is 15.0 Å². The van der Waals surface area contributed by atoms with Gasteiger partial charge >= 0.3 is 0 Å². The molecule has 0 aliphatic rings. The predicted molar refractivity (Wildman–Crippen MR) is 180 cm³/mol. The second kappa shape index (κ2) is 16.3. The first-order valence-corrected chi connectivity index (χ1v) is 17.6. The van der Waals surface area contributed by atoms with Gasteiger partial charge in [-0.25, -0.2) is 12.8 Å². The number of amides is 2. The second-order valence-corrected chi connectivity index (χ2v) is 13.0. The SMILES string of the molecule is CCNC(=O)C(Cc1ccccc1)N(Cc1ccccc1F)C(=O)CN(c1ccccc1OCC)S(=O)(=O)c1ccc(SC)cc1. The van der Waals surface area contributed by atoms with Crippen LogP contribution in [0.5, 0.6) is 5.75 Å². The lowest BCUT2D eigenvalue weighted by atomic mass is 10.0. The molecule has 2 amide bonds. The first kappa shape index (κ1) is 34.5. The van der Waals surface area contributed by atoms with Gasteiger partial charge in [-0.15, -0.1) is 11.8 Å². The first-order valence-electron chi connectivity index (χ1n) is 14.9. The zero-order valence-corrected chi connectivity index (χ0v) is 27.7. The number of sulfonamides is 1. The largest absolute Gasteiger partial charge is 0.492 e. The molecule has 4 rings (SSSR count). The quantitative estimate of drug-likeness (QED) is 0.159. The van der Waals surface area contributed by atoms with Crippen molar-refractivity contribution in [2.24, 2.45) is 0 Å². The molecule has 0 aliphatic heterocycles. The van der Waals surface area contributed by atoms with Crippen LogP contribution in [-0.2, 0) is 32.6 Å². The number of nitrogens with zero attached hydrogens (tertiary/aromatic N) is 2. The molecule has 1 atom stereocenters. The molecule has 0 saturated carbocycles. The highest BCUT2D eigenvalue weighted by Gasteiger charge is 2.35. The van der Waals surface area contributed by atoms with Crippen LogP contribution in [0, 0.1) is 5.82 Å². The highest BCUT2D eigenvalue weighted by atomic mass is 32.2. The minimum atomic E-state index is -4.32. The summed E-state index contributed by atoms with van der Waals surface area (Å²) in [6.07, 6.45) is 2.02. The van der Waals surface area contributed by atoms with E-state index in [2.05, 4.69) is 5.32 Å². The molecule has 46 heavy (non-hydrogen) atoms. The van der Waals surface area contributed by atoms with E-state index < -0.39 is 40.2 Å². The molecule has 4 aromatic rings. The average molecular weight is 664 g/mol. The van der Waals surface area contributed by atoms with E-state index in [0.717, 1.165) is 14.8 Å². The van der Waals surface area contributed by atoms with Crippen LogP contribution >= 0.6 is 11.8 Å². The zero-order valence-electron chi connectivity index (χ0n) is 26.1. The van der Waals surface area contributed by atoms with Crippen LogP contribution in [-0.4, -0.2) is 57.1 Å². The number of rotatable bonds is 15. The van der Waals surface area contributed by atoms with Gasteiger partial charge in [0.15, 0.2) is 0 Å². The number of likely N-dealkylation sites (N-methyl/N-ethyl adjacent to an activating group) is 1. The van der Waals surface area contributed by atoms with Crippen LogP contribution in [0.4, 0.5) is 10.1 Å². The van der Waals surface area contributed by atoms with Crippen molar-refractivity contribution in [1.82, 2.24) is 10.2 Å². The minimum absolute atomic E-state index is 0.0189. The number of carbonyl (C=O) groups is 2. The lowest BCUT2D eigenvalue weighted by Crippen LogP contribution is -2.53. The minimum Gasteiger partial charge on any atom is -0.492 e. The summed E-state index contributed by atoms with van der Waals surface area (Å²) in [6, 6.07) is 27.1. The highest BCUT2D eigenvalue weighted by molar-refractivity contribution is 7.98. The maximum atomic E-state index is 15.0. The van der Waals surface area contributed by atoms with Gasteiger partial charge in [-0.3, -0.25) is 13.9 Å². The Balaban J connectivity index is 1.84. The fraction of sp³-hybridized carbons (Fsp3) is 0.257. The van der Waals surface area contributed by atoms with E-state index in [-0.39, 0.29) is 41.5 Å². The van der Waals surface area contributed by atoms with E-state index in [4.69, 9.17) is 4.74 Å². The van der Waals surface area contributed by atoms with Gasteiger partial charge in [0.1, 0.15) is 24.2 Å². The monoisotopic (exact) mass is 663 g/mol. The van der Waals surface area contributed by atoms with Gasteiger partial charge in [-0.05, 0) is 68.1 Å². The number of para-hydroxylation sites is 2. The molecule has 1 N–H and O–H groups in total. The smallest absolute Gasteiger partial charge is 0.264 e. The zero-order chi connectivity index (χ0) is 33.1. The van der Waals surface area contributed by atoms with Crippen molar-refractivity contribution in [3.8, 4) is 5.75 Å². The number of benzene rings is 4. The number of hydrogen-bond donors (Lipinski definition) is 1. The van der Waals surface area contributed by atoms with Crippen molar-refractivity contribution in [2.75, 3.05) is 30.3 Å². The third kappa shape index (κ3) is 8.46. The van der Waals surface area contributed by atoms with Gasteiger partial charge in [0.05, 0.1) is 17.2 Å². The van der Waals surface area contributed by atoms with Crippen LogP contribution in [0.15, 0.2) is 113 Å². The fourth-order valence-corrected chi connectivity index (χ4v) is 6.82. The Bertz CT molecular complexity index is 1720. The average Bonchev–Trinajstić information content (AvgIpc) is 3.07. The molecule has 4 aromatic carbocycles. The van der Waals surface area contributed by atoms with Crippen LogP contribution in [0.3, 0.4) is 0 Å². The van der Waals surface area contributed by atoms with E-state index >= 15 is 4.39 Å². The number of carbonyl (C=O) groups excluding carboxylic acids is 2. The molecule has 11 heteroatoms. The van der Waals surface area contributed by atoms with Crippen LogP contribution in [0.2, 0.25) is 0 Å². The Labute approximate surface area is 274 Å². The van der Waals surface area contributed by atoms with E-state index in [1.807, 2.05) is 36.6 Å². The number of nitrogens with one attached hydrogen (secondary N) is 1. The molecule has 0 aromatic heterocycles. The Hall–Kier alpha value is -4.35. The molecule has 0 aliphatic carbocycles. The third-order valence-electron chi connectivity index (χ3n) is 7.28. The van der Waals surface area contributed by atoms with Gasteiger partial charge in [0.2, 0.25) is 11.8 Å². The van der Waals surface area contributed by atoms with Crippen LogP contribution in [0.25, 0.3) is 0 Å². The molecule has 8 nitrogen and oxygen atoms in total. The standard InChI is InChI=1S/C35H38FN3O5S2/c1-4-37-35(41)32(23-26-13-7-6-8-14-26)38(24-27-15-9-10-16-30(27)36)34(40)25-39(31-17-11-12-18-33(31)44-5-2)46(42,43)29-21-19-28(45-3)20-22-29/h6-22,32H,4-5,23-25H2,1-3H3,(H,37,41). The third-order valence-corrected chi connectivity index (χ3v) is 9.80. The lowest BCUT2D eigenvalue weighted by Gasteiger charge is -2.34. The predicted octanol–water partition coefficient (Wildman–Crippen LogP) is 5.92. The fourth-order valence-electron chi connectivity index (χ4n) is 4.99. The van der Waals surface area contributed by atoms with Crippen molar-refractivity contribution in [3.63, 3.8) is 0 Å². The summed E-state index contributed by atoms with van der Waals surface area (Å²) < 4.78 is 50.4. The second-order valence-electron chi connectivity index (χ2n) is 10.3. The number of ether oxygens (including phenoxy) is 1. The summed E-state index contributed by atoms with van der Waals surface area (Å²) in [5.41, 5.74) is 1.13. The van der Waals surface area contributed by atoms with Crippen molar-refractivity contribution in [2.45, 2.75) is 42.6 Å². The van der Waals surface area contributed by atoms with Crippen molar-refractivity contribution >= 4 is 39.3 Å². The molecule has 242 valence electrons. The summed E-state index contributed by atoms with van der Waals surface area (Å²) in [4.78, 5) is 30.2. The molecule has 0 saturated heterocycles. The van der Waals surface area contributed by atoms with Crippen LogP contribution in [0.1, 0.15) is 25.0 Å². The van der Waals surface area contributed by atoms with E-state index in [0.29, 0.717) is 6.54 Å². The molecule has 0 bridgehead atoms. The highest BCUT2D eigenvalue weighted by Crippen LogP contribution is 2.33. The summed E-state index contributed by atoms with van der Waals surface area (Å²) in [5, 5.41) is 2.80. The van der Waals surface area contributed by atoms with E-state index in [1.165, 1.54) is 40.9 Å². The van der Waals surface area contributed by atoms with Gasteiger partial charge in [-0.2, -0.15) is 0 Å². The topological polar surface area (TPSA) is 96.0 Å². The summed E-state index contributed by atoms with van der Waals surface area (Å²) in [6.45, 7) is 3.18. The lowest BCUT2D eigenvalue weighted by molar-refractivity contribution is -0.140. The van der Waals surface area contributed by atoms with Crippen LogP contribution < -0.4 is 14.4 Å². The van der Waals surface area contributed by atoms with Crippen molar-refractivity contribution in [1.29, 1.82) is 0 Å². The van der Waals surface area contributed by atoms with Crippen molar-refractivity contribution < 1.29 is 27.1 Å². The van der Waals surface area contributed by atoms with Crippen molar-refractivity contribution in [3.05, 3.63) is 120 Å². The Kier molecular flexibility index (Phi) is 12.2. The molecule has 0 heterocycles. The number of halogens is 1. The number of hydrogen-bond acceptors (Lipinski definition) is 6. The molecule has 0 fully saturated rings. The number of thioether (sulfide) groups is 1. The Morgan fingerprint density at radius 3 is 2.20 bits per heavy atom. The molecule has 0 radical (unpaired) electrons. The molecule has 1 unspecified atom stereocenters. The molecular weight excluding hydrogens is 626 g/mol. The van der Waals surface area contributed by atoms with E-state index in [1.54, 1.807) is 62.4 Å². The summed E-state index contributed by atoms with van der Waals surface area (Å²) in [7, 11) is -4.32. The maximum absolute atomic E-state index is 15.0. The number of anilines is 1. The Morgan fingerprint density at radius 2 is 1.54 bits per heavy atom.